The van der Waals surface area contributed by atoms with Gasteiger partial charge in [0.2, 0.25) is 0 Å². The molecule has 0 spiro atoms. The van der Waals surface area contributed by atoms with Crippen LogP contribution in [-0.4, -0.2) is 28.9 Å². The molecular formula is C15H12BrN3O. The number of aromatic nitrogens is 1. The number of carbonyl (C=O) groups excluding carboxylic acids is 1. The molecule has 1 aromatic heterocycles. The van der Waals surface area contributed by atoms with Crippen molar-refractivity contribution in [2.75, 3.05) is 13.1 Å². The van der Waals surface area contributed by atoms with Crippen molar-refractivity contribution in [1.29, 1.82) is 0 Å². The summed E-state index contributed by atoms with van der Waals surface area (Å²) < 4.78 is 1.03. The second-order valence-electron chi connectivity index (χ2n) is 5.02. The van der Waals surface area contributed by atoms with Crippen LogP contribution in [0.3, 0.4) is 0 Å². The molecule has 1 aromatic carbocycles. The predicted octanol–water partition coefficient (Wildman–Crippen LogP) is 2.10. The highest BCUT2D eigenvalue weighted by atomic mass is 79.9. The molecule has 1 amide bonds. The smallest absolute Gasteiger partial charge is 0.257 e. The number of hydrogen-bond acceptors (Lipinski definition) is 3. The van der Waals surface area contributed by atoms with Gasteiger partial charge >= 0.3 is 0 Å². The van der Waals surface area contributed by atoms with Gasteiger partial charge in [0, 0.05) is 35.5 Å². The maximum atomic E-state index is 12.6. The molecule has 1 N–H and O–H groups in total. The van der Waals surface area contributed by atoms with E-state index in [1.807, 2.05) is 23.1 Å². The Hall–Kier alpha value is -1.72. The number of amides is 1. The van der Waals surface area contributed by atoms with E-state index in [1.165, 1.54) is 0 Å². The van der Waals surface area contributed by atoms with Crippen LogP contribution in [0.4, 0.5) is 0 Å². The molecular weight excluding hydrogens is 318 g/mol. The standard InChI is InChI=1S/C15H12BrN3O/c16-11-3-1-10(2-4-11)15-13-5-6-17-9-12(13)14(20)19(15)8-7-18-15/h1-6,9,18H,7-8H2. The first kappa shape index (κ1) is 12.1. The SMILES string of the molecule is O=C1c2cnccc2C2(c3ccc(Br)cc3)NCCN12. The molecule has 1 saturated heterocycles. The third-order valence-electron chi connectivity index (χ3n) is 4.07. The van der Waals surface area contributed by atoms with Crippen LogP contribution in [0.2, 0.25) is 0 Å². The molecule has 4 nitrogen and oxygen atoms in total. The average molecular weight is 330 g/mol. The predicted molar refractivity (Wildman–Crippen MR) is 78.2 cm³/mol. The van der Waals surface area contributed by atoms with E-state index in [0.717, 1.165) is 22.1 Å². The number of halogens is 1. The Morgan fingerprint density at radius 2 is 2.05 bits per heavy atom. The molecule has 0 bridgehead atoms. The van der Waals surface area contributed by atoms with Crippen molar-refractivity contribution >= 4 is 21.8 Å². The van der Waals surface area contributed by atoms with Crippen molar-refractivity contribution in [3.05, 3.63) is 63.9 Å². The van der Waals surface area contributed by atoms with Crippen LogP contribution in [0.1, 0.15) is 21.5 Å². The van der Waals surface area contributed by atoms with Crippen LogP contribution in [0, 0.1) is 0 Å². The molecule has 100 valence electrons. The Bertz CT molecular complexity index is 701. The van der Waals surface area contributed by atoms with E-state index in [4.69, 9.17) is 0 Å². The van der Waals surface area contributed by atoms with E-state index in [1.54, 1.807) is 12.4 Å². The zero-order chi connectivity index (χ0) is 13.7. The molecule has 2 aliphatic heterocycles. The van der Waals surface area contributed by atoms with Gasteiger partial charge in [-0.25, -0.2) is 0 Å². The van der Waals surface area contributed by atoms with Crippen molar-refractivity contribution in [3.63, 3.8) is 0 Å². The molecule has 4 rings (SSSR count). The number of nitrogens with zero attached hydrogens (tertiary/aromatic N) is 2. The second kappa shape index (κ2) is 4.14. The van der Waals surface area contributed by atoms with Crippen LogP contribution in [-0.2, 0) is 5.66 Å². The summed E-state index contributed by atoms with van der Waals surface area (Å²) in [6.45, 7) is 1.51. The summed E-state index contributed by atoms with van der Waals surface area (Å²) in [5.41, 5.74) is 2.24. The van der Waals surface area contributed by atoms with Crippen molar-refractivity contribution in [2.45, 2.75) is 5.66 Å². The number of benzene rings is 1. The Balaban J connectivity index is 1.99. The third kappa shape index (κ3) is 1.39. The second-order valence-corrected chi connectivity index (χ2v) is 5.94. The number of pyridine rings is 1. The highest BCUT2D eigenvalue weighted by molar-refractivity contribution is 9.10. The molecule has 1 atom stereocenters. The minimum Gasteiger partial charge on any atom is -0.311 e. The number of fused-ring (bicyclic) bond motifs is 3. The number of hydrogen-bond donors (Lipinski definition) is 1. The summed E-state index contributed by atoms with van der Waals surface area (Å²) in [5.74, 6) is 0.0565. The van der Waals surface area contributed by atoms with Gasteiger partial charge in [-0.15, -0.1) is 0 Å². The summed E-state index contributed by atoms with van der Waals surface area (Å²) in [5, 5.41) is 3.52. The summed E-state index contributed by atoms with van der Waals surface area (Å²) in [4.78, 5) is 18.6. The first-order chi connectivity index (χ1) is 9.73. The monoisotopic (exact) mass is 329 g/mol. The maximum Gasteiger partial charge on any atom is 0.257 e. The Kier molecular flexibility index (Phi) is 2.49. The molecule has 1 unspecified atom stereocenters. The van der Waals surface area contributed by atoms with Gasteiger partial charge in [-0.2, -0.15) is 0 Å². The van der Waals surface area contributed by atoms with Crippen LogP contribution in [0.15, 0.2) is 47.2 Å². The van der Waals surface area contributed by atoms with E-state index < -0.39 is 5.66 Å². The van der Waals surface area contributed by atoms with E-state index >= 15 is 0 Å². The number of nitrogens with one attached hydrogen (secondary N) is 1. The molecule has 5 heteroatoms. The minimum absolute atomic E-state index is 0.0565. The molecule has 3 heterocycles. The first-order valence-electron chi connectivity index (χ1n) is 6.51. The van der Waals surface area contributed by atoms with Crippen molar-refractivity contribution in [3.8, 4) is 0 Å². The summed E-state index contributed by atoms with van der Waals surface area (Å²) in [6.07, 6.45) is 3.41. The first-order valence-corrected chi connectivity index (χ1v) is 7.30. The van der Waals surface area contributed by atoms with Crippen molar-refractivity contribution < 1.29 is 4.79 Å². The lowest BCUT2D eigenvalue weighted by Crippen LogP contribution is -2.46. The van der Waals surface area contributed by atoms with Crippen LogP contribution in [0.5, 0.6) is 0 Å². The molecule has 0 saturated carbocycles. The third-order valence-corrected chi connectivity index (χ3v) is 4.60. The summed E-state index contributed by atoms with van der Waals surface area (Å²) in [7, 11) is 0. The molecule has 0 radical (unpaired) electrons. The zero-order valence-electron chi connectivity index (χ0n) is 10.6. The quantitative estimate of drug-likeness (QED) is 0.871. The summed E-state index contributed by atoms with van der Waals surface area (Å²) in [6, 6.07) is 10.1. The van der Waals surface area contributed by atoms with E-state index in [0.29, 0.717) is 12.1 Å². The van der Waals surface area contributed by atoms with Crippen LogP contribution in [0.25, 0.3) is 0 Å². The molecule has 2 aliphatic rings. The lowest BCUT2D eigenvalue weighted by molar-refractivity contribution is 0.0694. The minimum atomic E-state index is -0.532. The molecule has 0 aliphatic carbocycles. The van der Waals surface area contributed by atoms with E-state index in [9.17, 15) is 4.79 Å². The van der Waals surface area contributed by atoms with E-state index in [-0.39, 0.29) is 5.91 Å². The Morgan fingerprint density at radius 1 is 1.25 bits per heavy atom. The fraction of sp³-hybridized carbons (Fsp3) is 0.200. The maximum absolute atomic E-state index is 12.6. The lowest BCUT2D eigenvalue weighted by atomic mass is 9.92. The zero-order valence-corrected chi connectivity index (χ0v) is 12.2. The fourth-order valence-corrected chi connectivity index (χ4v) is 3.50. The van der Waals surface area contributed by atoms with Gasteiger partial charge in [-0.3, -0.25) is 15.1 Å². The Labute approximate surface area is 124 Å². The lowest BCUT2D eigenvalue weighted by Gasteiger charge is -2.33. The highest BCUT2D eigenvalue weighted by Crippen LogP contribution is 2.43. The van der Waals surface area contributed by atoms with Gasteiger partial charge in [0.1, 0.15) is 5.66 Å². The van der Waals surface area contributed by atoms with Gasteiger partial charge in [0.25, 0.3) is 5.91 Å². The van der Waals surface area contributed by atoms with Gasteiger partial charge in [-0.05, 0) is 23.8 Å². The summed E-state index contributed by atoms with van der Waals surface area (Å²) >= 11 is 3.46. The topological polar surface area (TPSA) is 45.2 Å². The van der Waals surface area contributed by atoms with Crippen LogP contribution < -0.4 is 5.32 Å². The van der Waals surface area contributed by atoms with Crippen molar-refractivity contribution in [2.24, 2.45) is 0 Å². The molecule has 20 heavy (non-hydrogen) atoms. The van der Waals surface area contributed by atoms with Gasteiger partial charge in [-0.1, -0.05) is 28.1 Å². The van der Waals surface area contributed by atoms with Gasteiger partial charge < -0.3 is 4.90 Å². The molecule has 1 fully saturated rings. The number of carbonyl (C=O) groups is 1. The van der Waals surface area contributed by atoms with Gasteiger partial charge in [0.05, 0.1) is 5.56 Å². The Morgan fingerprint density at radius 3 is 2.85 bits per heavy atom. The highest BCUT2D eigenvalue weighted by Gasteiger charge is 2.53. The van der Waals surface area contributed by atoms with Crippen LogP contribution >= 0.6 is 15.9 Å². The normalized spacial score (nSPS) is 23.9. The fourth-order valence-electron chi connectivity index (χ4n) is 3.24. The number of rotatable bonds is 1. The van der Waals surface area contributed by atoms with Crippen molar-refractivity contribution in [1.82, 2.24) is 15.2 Å². The largest absolute Gasteiger partial charge is 0.311 e. The van der Waals surface area contributed by atoms with E-state index in [2.05, 4.69) is 38.4 Å². The molecule has 2 aromatic rings. The average Bonchev–Trinajstić information content (AvgIpc) is 3.01. The van der Waals surface area contributed by atoms with Gasteiger partial charge in [0.15, 0.2) is 0 Å².